The number of allylic oxidation sites excluding steroid dienone is 1. The fraction of sp³-hybridized carbons (Fsp3) is 0.179. The molecule has 8 heteroatoms. The van der Waals surface area contributed by atoms with E-state index in [-0.39, 0.29) is 12.6 Å². The number of nitrogens with one attached hydrogen (secondary N) is 1. The van der Waals surface area contributed by atoms with E-state index in [0.717, 1.165) is 11.3 Å². The molecule has 182 valence electrons. The molecule has 0 radical (unpaired) electrons. The van der Waals surface area contributed by atoms with E-state index in [0.29, 0.717) is 27.4 Å². The van der Waals surface area contributed by atoms with Crippen molar-refractivity contribution in [2.75, 3.05) is 11.9 Å². The Labute approximate surface area is 219 Å². The number of carbonyl (C=O) groups is 1. The Morgan fingerprint density at radius 3 is 2.42 bits per heavy atom. The number of fused-ring (bicyclic) bond motifs is 1. The third kappa shape index (κ3) is 5.03. The Morgan fingerprint density at radius 2 is 1.72 bits per heavy atom. The first-order valence-corrected chi connectivity index (χ1v) is 13.0. The number of anilines is 1. The maximum absolute atomic E-state index is 12.9. The normalized spacial score (nSPS) is 14.8. The van der Waals surface area contributed by atoms with Crippen LogP contribution in [0.1, 0.15) is 31.0 Å². The van der Waals surface area contributed by atoms with Crippen LogP contribution in [0, 0.1) is 0 Å². The van der Waals surface area contributed by atoms with Crippen LogP contribution in [-0.2, 0) is 15.3 Å². The second-order valence-corrected chi connectivity index (χ2v) is 9.73. The van der Waals surface area contributed by atoms with Gasteiger partial charge < -0.3 is 10.1 Å². The second-order valence-electron chi connectivity index (χ2n) is 8.35. The minimum absolute atomic E-state index is 0.289. The van der Waals surface area contributed by atoms with Crippen molar-refractivity contribution in [2.45, 2.75) is 30.8 Å². The number of halogens is 1. The first kappa shape index (κ1) is 24.2. The number of hydrogen-bond acceptors (Lipinski definition) is 6. The Morgan fingerprint density at radius 1 is 1.03 bits per heavy atom. The van der Waals surface area contributed by atoms with Crippen LogP contribution >= 0.6 is 23.4 Å². The van der Waals surface area contributed by atoms with Crippen LogP contribution in [0.4, 0.5) is 5.95 Å². The van der Waals surface area contributed by atoms with Gasteiger partial charge in [0.05, 0.1) is 12.2 Å². The zero-order chi connectivity index (χ0) is 25.1. The Hall–Kier alpha value is -3.55. The topological polar surface area (TPSA) is 69.0 Å². The monoisotopic (exact) mass is 516 g/mol. The number of thioether (sulfide) groups is 1. The molecule has 0 amide bonds. The summed E-state index contributed by atoms with van der Waals surface area (Å²) in [6.07, 6.45) is 0. The molecule has 0 fully saturated rings. The van der Waals surface area contributed by atoms with Crippen LogP contribution in [0.5, 0.6) is 0 Å². The molecule has 1 atom stereocenters. The van der Waals surface area contributed by atoms with E-state index < -0.39 is 6.04 Å². The standard InChI is InChI=1S/C28H25ClN4O2S/c1-3-35-26(34)24-18(2)30-27-31-28(32-33(27)25(24)22-13-15-23(29)16-14-22)36-17-19-9-11-21(12-10-19)20-7-5-4-6-8-20/h4-16,25H,3,17H2,1-2H3,(H,30,31,32)/t25-/m0/s1. The predicted octanol–water partition coefficient (Wildman–Crippen LogP) is 6.74. The maximum atomic E-state index is 12.9. The van der Waals surface area contributed by atoms with Crippen LogP contribution in [0.3, 0.4) is 0 Å². The quantitative estimate of drug-likeness (QED) is 0.216. The molecule has 0 unspecified atom stereocenters. The van der Waals surface area contributed by atoms with Crippen molar-refractivity contribution >= 4 is 35.3 Å². The minimum Gasteiger partial charge on any atom is -0.463 e. The average Bonchev–Trinajstić information content (AvgIpc) is 3.30. The first-order chi connectivity index (χ1) is 17.5. The number of esters is 1. The summed E-state index contributed by atoms with van der Waals surface area (Å²) in [5, 5.41) is 9.25. The van der Waals surface area contributed by atoms with Gasteiger partial charge in [-0.3, -0.25) is 0 Å². The molecule has 1 N–H and O–H groups in total. The van der Waals surface area contributed by atoms with Crippen molar-refractivity contribution in [3.63, 3.8) is 0 Å². The van der Waals surface area contributed by atoms with Gasteiger partial charge in [-0.1, -0.05) is 90.1 Å². The van der Waals surface area contributed by atoms with Gasteiger partial charge in [0.15, 0.2) is 0 Å². The van der Waals surface area contributed by atoms with Gasteiger partial charge in [0.25, 0.3) is 0 Å². The van der Waals surface area contributed by atoms with E-state index in [4.69, 9.17) is 26.4 Å². The minimum atomic E-state index is -0.468. The lowest BCUT2D eigenvalue weighted by molar-refractivity contribution is -0.139. The molecule has 4 aromatic rings. The first-order valence-electron chi connectivity index (χ1n) is 11.7. The molecule has 0 spiro atoms. The lowest BCUT2D eigenvalue weighted by Crippen LogP contribution is -2.29. The summed E-state index contributed by atoms with van der Waals surface area (Å²) < 4.78 is 7.12. The molecule has 1 aromatic heterocycles. The molecule has 1 aliphatic rings. The van der Waals surface area contributed by atoms with E-state index in [1.54, 1.807) is 23.4 Å². The Kier molecular flexibility index (Phi) is 7.11. The molecule has 6 nitrogen and oxygen atoms in total. The van der Waals surface area contributed by atoms with Crippen LogP contribution in [-0.4, -0.2) is 27.3 Å². The van der Waals surface area contributed by atoms with Gasteiger partial charge in [0.2, 0.25) is 11.1 Å². The van der Waals surface area contributed by atoms with E-state index in [1.807, 2.05) is 49.4 Å². The van der Waals surface area contributed by atoms with Gasteiger partial charge in [0, 0.05) is 16.5 Å². The Balaban J connectivity index is 1.39. The highest BCUT2D eigenvalue weighted by atomic mass is 35.5. The van der Waals surface area contributed by atoms with Crippen LogP contribution < -0.4 is 5.32 Å². The molecule has 2 heterocycles. The summed E-state index contributed by atoms with van der Waals surface area (Å²) in [5.41, 5.74) is 5.63. The summed E-state index contributed by atoms with van der Waals surface area (Å²) >= 11 is 7.67. The summed E-state index contributed by atoms with van der Waals surface area (Å²) in [6, 6.07) is 25.8. The number of hydrogen-bond donors (Lipinski definition) is 1. The smallest absolute Gasteiger partial charge is 0.338 e. The lowest BCUT2D eigenvalue weighted by Gasteiger charge is -2.28. The largest absolute Gasteiger partial charge is 0.463 e. The molecule has 0 bridgehead atoms. The highest BCUT2D eigenvalue weighted by Crippen LogP contribution is 2.37. The Bertz CT molecular complexity index is 1400. The number of ether oxygens (including phenoxy) is 1. The number of rotatable bonds is 7. The third-order valence-corrected chi connectivity index (χ3v) is 7.10. The number of benzene rings is 3. The zero-order valence-electron chi connectivity index (χ0n) is 19.9. The molecular formula is C28H25ClN4O2S. The van der Waals surface area contributed by atoms with Gasteiger partial charge in [-0.15, -0.1) is 5.10 Å². The van der Waals surface area contributed by atoms with Gasteiger partial charge in [-0.05, 0) is 48.2 Å². The van der Waals surface area contributed by atoms with Crippen LogP contribution in [0.2, 0.25) is 5.02 Å². The van der Waals surface area contributed by atoms with Crippen molar-refractivity contribution in [2.24, 2.45) is 0 Å². The number of nitrogens with zero attached hydrogens (tertiary/aromatic N) is 3. The fourth-order valence-electron chi connectivity index (χ4n) is 4.19. The number of aromatic nitrogens is 3. The van der Waals surface area contributed by atoms with Crippen molar-refractivity contribution < 1.29 is 9.53 Å². The van der Waals surface area contributed by atoms with Crippen LogP contribution in [0.15, 0.2) is 95.3 Å². The van der Waals surface area contributed by atoms with Crippen LogP contribution in [0.25, 0.3) is 11.1 Å². The summed E-state index contributed by atoms with van der Waals surface area (Å²) in [4.78, 5) is 17.6. The summed E-state index contributed by atoms with van der Waals surface area (Å²) in [5.74, 6) is 0.931. The SMILES string of the molecule is CCOC(=O)C1=C(C)Nc2nc(SCc3ccc(-c4ccccc4)cc3)nn2[C@H]1c1ccc(Cl)cc1. The third-order valence-electron chi connectivity index (χ3n) is 5.94. The van der Waals surface area contributed by atoms with Gasteiger partial charge >= 0.3 is 5.97 Å². The van der Waals surface area contributed by atoms with Crippen molar-refractivity contribution in [1.29, 1.82) is 0 Å². The van der Waals surface area contributed by atoms with E-state index in [1.165, 1.54) is 16.7 Å². The highest BCUT2D eigenvalue weighted by molar-refractivity contribution is 7.98. The molecule has 0 saturated carbocycles. The predicted molar refractivity (Wildman–Crippen MR) is 144 cm³/mol. The lowest BCUT2D eigenvalue weighted by atomic mass is 9.96. The molecule has 5 rings (SSSR count). The highest BCUT2D eigenvalue weighted by Gasteiger charge is 2.35. The second kappa shape index (κ2) is 10.6. The molecule has 3 aromatic carbocycles. The van der Waals surface area contributed by atoms with Gasteiger partial charge in [-0.25, -0.2) is 9.48 Å². The van der Waals surface area contributed by atoms with Gasteiger partial charge in [-0.2, -0.15) is 4.98 Å². The van der Waals surface area contributed by atoms with Crippen molar-refractivity contribution in [3.8, 4) is 11.1 Å². The van der Waals surface area contributed by atoms with E-state index >= 15 is 0 Å². The summed E-state index contributed by atoms with van der Waals surface area (Å²) in [7, 11) is 0. The molecule has 36 heavy (non-hydrogen) atoms. The van der Waals surface area contributed by atoms with E-state index in [9.17, 15) is 4.79 Å². The summed E-state index contributed by atoms with van der Waals surface area (Å²) in [6.45, 7) is 3.94. The van der Waals surface area contributed by atoms with Crippen molar-refractivity contribution in [1.82, 2.24) is 14.8 Å². The number of carbonyl (C=O) groups excluding carboxylic acids is 1. The fourth-order valence-corrected chi connectivity index (χ4v) is 5.10. The average molecular weight is 517 g/mol. The van der Waals surface area contributed by atoms with Gasteiger partial charge in [0.1, 0.15) is 6.04 Å². The molecular weight excluding hydrogens is 492 g/mol. The molecule has 1 aliphatic heterocycles. The van der Waals surface area contributed by atoms with E-state index in [2.05, 4.69) is 41.7 Å². The molecule has 0 aliphatic carbocycles. The van der Waals surface area contributed by atoms with Crippen molar-refractivity contribution in [3.05, 3.63) is 106 Å². The maximum Gasteiger partial charge on any atom is 0.338 e. The zero-order valence-corrected chi connectivity index (χ0v) is 21.5. The molecule has 0 saturated heterocycles.